The first-order valence-electron chi connectivity index (χ1n) is 29.1. The normalized spacial score (nSPS) is 35.8. The highest BCUT2D eigenvalue weighted by molar-refractivity contribution is 5.85. The molecule has 4 aromatic rings. The summed E-state index contributed by atoms with van der Waals surface area (Å²) in [4.78, 5) is 62.1. The number of likely N-dealkylation sites (tertiary alicyclic amines) is 4. The van der Waals surface area contributed by atoms with Crippen LogP contribution in [-0.2, 0) is 9.59 Å². The van der Waals surface area contributed by atoms with Crippen LogP contribution in [0.3, 0.4) is 0 Å². The highest BCUT2D eigenvalue weighted by atomic mass is 16.3. The lowest BCUT2D eigenvalue weighted by Gasteiger charge is -2.58. The van der Waals surface area contributed by atoms with Gasteiger partial charge in [0.25, 0.3) is 0 Å². The van der Waals surface area contributed by atoms with E-state index in [-0.39, 0.29) is 59.0 Å². The molecule has 2 aromatic heterocycles. The van der Waals surface area contributed by atoms with Crippen molar-refractivity contribution >= 4 is 45.7 Å². The van der Waals surface area contributed by atoms with E-state index < -0.39 is 0 Å². The molecule has 8 bridgehead atoms. The van der Waals surface area contributed by atoms with Crippen molar-refractivity contribution in [2.24, 2.45) is 46.3 Å². The Bertz CT molecular complexity index is 2520. The fourth-order valence-electron chi connectivity index (χ4n) is 17.7. The minimum Gasteiger partial charge on any atom is -0.393 e. The second kappa shape index (κ2) is 19.5. The summed E-state index contributed by atoms with van der Waals surface area (Å²) in [5.41, 5.74) is 1.98. The van der Waals surface area contributed by atoms with E-state index in [1.165, 1.54) is 21.8 Å². The van der Waals surface area contributed by atoms with E-state index in [2.05, 4.69) is 92.8 Å². The standard InChI is InChI=1S/2C30H40N4O3/c2*35-27-22-14-20-15-23(27)18-30(16-20,17-22)28(36)31-24-5-3-10-33(19-24)29(37)32-11-8-25(9-12-32)34-13-7-21-4-1-2-6-26(21)34/h2*1-2,4,6-7,13,20,22-25,27,35H,3,5,8-12,14-19H2,(H,31,36)/t2*20?,22?,23?,24-,27?,30?/m00/s1. The molecule has 12 aliphatic rings. The lowest BCUT2D eigenvalue weighted by Crippen LogP contribution is -2.61. The number of aromatic nitrogens is 2. The predicted molar refractivity (Wildman–Crippen MR) is 284 cm³/mol. The number of aliphatic hydroxyl groups is 2. The van der Waals surface area contributed by atoms with Crippen molar-refractivity contribution in [3.05, 3.63) is 73.1 Å². The van der Waals surface area contributed by atoms with Crippen LogP contribution in [-0.4, -0.2) is 139 Å². The number of urea groups is 2. The van der Waals surface area contributed by atoms with Gasteiger partial charge < -0.3 is 49.6 Å². The van der Waals surface area contributed by atoms with E-state index in [1.54, 1.807) is 0 Å². The maximum absolute atomic E-state index is 13.6. The topological polar surface area (TPSA) is 156 Å². The van der Waals surface area contributed by atoms with Gasteiger partial charge in [0.15, 0.2) is 0 Å². The Morgan fingerprint density at radius 3 is 1.23 bits per heavy atom. The summed E-state index contributed by atoms with van der Waals surface area (Å²) >= 11 is 0. The Hall–Kier alpha value is -5.08. The second-order valence-corrected chi connectivity index (χ2v) is 25.6. The number of nitrogens with one attached hydrogen (secondary N) is 2. The van der Waals surface area contributed by atoms with E-state index in [9.17, 15) is 29.4 Å². The highest BCUT2D eigenvalue weighted by Gasteiger charge is 2.60. The third-order valence-electron chi connectivity index (χ3n) is 21.0. The molecule has 14 nitrogen and oxygen atoms in total. The van der Waals surface area contributed by atoms with Crippen molar-refractivity contribution < 1.29 is 29.4 Å². The van der Waals surface area contributed by atoms with Gasteiger partial charge in [0.05, 0.1) is 23.0 Å². The molecule has 14 heteroatoms. The number of amides is 6. The molecule has 8 aliphatic carbocycles. The molecule has 4 aliphatic heterocycles. The van der Waals surface area contributed by atoms with Crippen LogP contribution < -0.4 is 10.6 Å². The van der Waals surface area contributed by atoms with Crippen molar-refractivity contribution in [2.45, 2.75) is 152 Å². The smallest absolute Gasteiger partial charge is 0.320 e. The summed E-state index contributed by atoms with van der Waals surface area (Å²) in [5, 5.41) is 30.5. The lowest BCUT2D eigenvalue weighted by molar-refractivity contribution is -0.164. The first-order chi connectivity index (χ1) is 36.0. The largest absolute Gasteiger partial charge is 0.393 e. The number of carbonyl (C=O) groups excluding carboxylic acids is 4. The molecule has 4 unspecified atom stereocenters. The number of fused-ring (bicyclic) bond motifs is 2. The molecule has 4 N–H and O–H groups in total. The zero-order valence-corrected chi connectivity index (χ0v) is 43.5. The number of para-hydroxylation sites is 2. The third-order valence-corrected chi connectivity index (χ3v) is 21.0. The van der Waals surface area contributed by atoms with Crippen molar-refractivity contribution in [1.29, 1.82) is 0 Å². The Morgan fingerprint density at radius 1 is 0.459 bits per heavy atom. The molecule has 4 saturated heterocycles. The molecule has 2 aromatic carbocycles. The van der Waals surface area contributed by atoms with Crippen LogP contribution in [0.15, 0.2) is 73.1 Å². The summed E-state index contributed by atoms with van der Waals surface area (Å²) < 4.78 is 4.76. The number of hydrogen-bond donors (Lipinski definition) is 4. The summed E-state index contributed by atoms with van der Waals surface area (Å²) in [6.07, 6.45) is 21.3. The number of benzene rings is 2. The van der Waals surface area contributed by atoms with Gasteiger partial charge in [-0.25, -0.2) is 9.59 Å². The number of rotatable bonds is 6. The van der Waals surface area contributed by atoms with Gasteiger partial charge in [-0.15, -0.1) is 0 Å². The molecule has 396 valence electrons. The summed E-state index contributed by atoms with van der Waals surface area (Å²) in [6, 6.07) is 22.6. The SMILES string of the molecule is O=C(N1CCC(n2ccc3ccccc32)CC1)N1CCC[C@H](NC(=O)C23CC4CC(C2)C(O)C(C4)C3)C1.O=C(N1CCC(n2ccc3ccccc32)CC1)N1CCC[C@H](NC(=O)C23CC4CC(C2)C(O)C(C4)C3)C1. The van der Waals surface area contributed by atoms with Crippen LogP contribution >= 0.6 is 0 Å². The highest BCUT2D eigenvalue weighted by Crippen LogP contribution is 2.61. The molecule has 6 atom stereocenters. The summed E-state index contributed by atoms with van der Waals surface area (Å²) in [6.45, 7) is 5.88. The van der Waals surface area contributed by atoms with E-state index in [1.807, 2.05) is 19.6 Å². The fraction of sp³-hybridized carbons (Fsp3) is 0.667. The third kappa shape index (κ3) is 8.88. The summed E-state index contributed by atoms with van der Waals surface area (Å²) in [5.74, 6) is 2.79. The Labute approximate surface area is 436 Å². The quantitative estimate of drug-likeness (QED) is 0.152. The molecule has 6 heterocycles. The number of hydrogen-bond acceptors (Lipinski definition) is 6. The maximum atomic E-state index is 13.6. The number of nitrogens with zero attached hydrogens (tertiary/aromatic N) is 6. The Morgan fingerprint density at radius 2 is 0.838 bits per heavy atom. The van der Waals surface area contributed by atoms with Crippen LogP contribution in [0.4, 0.5) is 9.59 Å². The Kier molecular flexibility index (Phi) is 12.8. The molecule has 6 amide bonds. The van der Waals surface area contributed by atoms with E-state index in [0.29, 0.717) is 60.7 Å². The number of carbonyl (C=O) groups is 4. The average molecular weight is 1010 g/mol. The minimum atomic E-state index is -0.285. The maximum Gasteiger partial charge on any atom is 0.320 e. The van der Waals surface area contributed by atoms with Crippen molar-refractivity contribution in [1.82, 2.24) is 39.4 Å². The lowest BCUT2D eigenvalue weighted by atomic mass is 9.48. The molecule has 16 rings (SSSR count). The van der Waals surface area contributed by atoms with Gasteiger partial charge in [-0.2, -0.15) is 0 Å². The zero-order chi connectivity index (χ0) is 50.3. The van der Waals surface area contributed by atoms with Gasteiger partial charge >= 0.3 is 12.1 Å². The zero-order valence-electron chi connectivity index (χ0n) is 43.5. The van der Waals surface area contributed by atoms with Gasteiger partial charge in [-0.1, -0.05) is 36.4 Å². The Balaban J connectivity index is 0.000000143. The second-order valence-electron chi connectivity index (χ2n) is 25.6. The summed E-state index contributed by atoms with van der Waals surface area (Å²) in [7, 11) is 0. The molecular formula is C60H80N8O6. The van der Waals surface area contributed by atoms with Gasteiger partial charge in [-0.05, 0) is 186 Å². The monoisotopic (exact) mass is 1010 g/mol. The predicted octanol–water partition coefficient (Wildman–Crippen LogP) is 8.33. The first kappa shape index (κ1) is 48.6. The van der Waals surface area contributed by atoms with E-state index in [4.69, 9.17) is 0 Å². The van der Waals surface area contributed by atoms with Crippen molar-refractivity contribution in [3.8, 4) is 0 Å². The fourth-order valence-corrected chi connectivity index (χ4v) is 17.7. The van der Waals surface area contributed by atoms with Gasteiger partial charge in [0.1, 0.15) is 0 Å². The van der Waals surface area contributed by atoms with Crippen LogP contribution in [0.2, 0.25) is 0 Å². The van der Waals surface area contributed by atoms with Crippen LogP contribution in [0.5, 0.6) is 0 Å². The van der Waals surface area contributed by atoms with Crippen molar-refractivity contribution in [2.75, 3.05) is 52.4 Å². The van der Waals surface area contributed by atoms with Gasteiger partial charge in [0.2, 0.25) is 11.8 Å². The van der Waals surface area contributed by atoms with Crippen LogP contribution in [0.25, 0.3) is 21.8 Å². The van der Waals surface area contributed by atoms with Crippen molar-refractivity contribution in [3.63, 3.8) is 0 Å². The molecule has 0 radical (unpaired) electrons. The minimum absolute atomic E-state index is 0.0342. The molecule has 74 heavy (non-hydrogen) atoms. The molecular weight excluding hydrogens is 929 g/mol. The number of aliphatic hydroxyl groups excluding tert-OH is 2. The van der Waals surface area contributed by atoms with Crippen LogP contribution in [0, 0.1) is 46.3 Å². The average Bonchev–Trinajstić information content (AvgIpc) is 4.06. The molecule has 0 spiro atoms. The van der Waals surface area contributed by atoms with Gasteiger partial charge in [0, 0.05) is 100.0 Å². The molecule has 8 saturated carbocycles. The van der Waals surface area contributed by atoms with E-state index >= 15 is 0 Å². The number of piperidine rings is 4. The van der Waals surface area contributed by atoms with Crippen LogP contribution in [0.1, 0.15) is 128 Å². The molecule has 12 fully saturated rings. The van der Waals surface area contributed by atoms with Gasteiger partial charge in [-0.3, -0.25) is 9.59 Å². The first-order valence-corrected chi connectivity index (χ1v) is 29.1. The van der Waals surface area contributed by atoms with E-state index in [0.717, 1.165) is 155 Å².